The summed E-state index contributed by atoms with van der Waals surface area (Å²) in [7, 11) is 0. The van der Waals surface area contributed by atoms with Crippen LogP contribution in [-0.2, 0) is 30.4 Å². The molecular weight excluding hydrogens is 476 g/mol. The van der Waals surface area contributed by atoms with E-state index < -0.39 is 48.2 Å². The van der Waals surface area contributed by atoms with Crippen molar-refractivity contribution in [3.63, 3.8) is 0 Å². The van der Waals surface area contributed by atoms with Crippen molar-refractivity contribution >= 4 is 51.2 Å². The molecule has 0 aliphatic carbocycles. The van der Waals surface area contributed by atoms with Crippen LogP contribution in [0.15, 0.2) is 36.4 Å². The Balaban J connectivity index is 1.89. The van der Waals surface area contributed by atoms with E-state index in [1.54, 1.807) is 0 Å². The molecule has 0 spiro atoms. The minimum absolute atomic E-state index is 0.0227. The summed E-state index contributed by atoms with van der Waals surface area (Å²) in [5.74, 6) is -3.37. The highest BCUT2D eigenvalue weighted by atomic mass is 32.1. The van der Waals surface area contributed by atoms with E-state index >= 15 is 0 Å². The molecule has 2 rings (SSSR count). The molecule has 7 N–H and O–H groups in total. The average Bonchev–Trinajstić information content (AvgIpc) is 3.23. The van der Waals surface area contributed by atoms with Crippen LogP contribution in [0.25, 0.3) is 10.2 Å². The number of amides is 4. The maximum atomic E-state index is 12.8. The third-order valence-corrected chi connectivity index (χ3v) is 5.74. The highest BCUT2D eigenvalue weighted by molar-refractivity contribution is 7.18. The van der Waals surface area contributed by atoms with Gasteiger partial charge < -0.3 is 32.1 Å². The summed E-state index contributed by atoms with van der Waals surface area (Å²) in [6.07, 6.45) is 2.81. The number of nitrogens with one attached hydrogen (secondary N) is 4. The summed E-state index contributed by atoms with van der Waals surface area (Å²) in [6, 6.07) is 5.61. The third kappa shape index (κ3) is 9.51. The average molecular weight is 505 g/mol. The summed E-state index contributed by atoms with van der Waals surface area (Å²) in [6.45, 7) is 0.643. The monoisotopic (exact) mass is 504 g/mol. The van der Waals surface area contributed by atoms with Crippen LogP contribution in [0.5, 0.6) is 0 Å². The van der Waals surface area contributed by atoms with Crippen LogP contribution in [0.2, 0.25) is 0 Å². The predicted octanol–water partition coefficient (Wildman–Crippen LogP) is -0.950. The Kier molecular flexibility index (Phi) is 10.8. The van der Waals surface area contributed by atoms with Crippen LogP contribution >= 0.6 is 11.3 Å². The van der Waals surface area contributed by atoms with Crippen molar-refractivity contribution in [2.45, 2.75) is 31.8 Å². The summed E-state index contributed by atoms with van der Waals surface area (Å²) in [4.78, 5) is 63.5. The molecule has 35 heavy (non-hydrogen) atoms. The molecule has 12 nitrogen and oxygen atoms in total. The lowest BCUT2D eigenvalue weighted by Crippen LogP contribution is -2.56. The van der Waals surface area contributed by atoms with E-state index in [4.69, 9.17) is 10.8 Å². The van der Waals surface area contributed by atoms with E-state index in [0.29, 0.717) is 6.42 Å². The molecule has 0 aliphatic heterocycles. The first kappa shape index (κ1) is 27.4. The van der Waals surface area contributed by atoms with Gasteiger partial charge in [-0.1, -0.05) is 18.2 Å². The lowest BCUT2D eigenvalue weighted by atomic mass is 10.1. The van der Waals surface area contributed by atoms with E-state index in [2.05, 4.69) is 26.3 Å². The first-order valence-electron chi connectivity index (χ1n) is 10.8. The van der Waals surface area contributed by atoms with Gasteiger partial charge in [-0.2, -0.15) is 0 Å². The van der Waals surface area contributed by atoms with Crippen molar-refractivity contribution in [1.29, 1.82) is 0 Å². The fourth-order valence-electron chi connectivity index (χ4n) is 3.00. The Morgan fingerprint density at radius 3 is 2.49 bits per heavy atom. The molecule has 0 fully saturated rings. The molecule has 0 saturated carbocycles. The normalized spacial score (nSPS) is 12.6. The van der Waals surface area contributed by atoms with Gasteiger partial charge in [0.1, 0.15) is 12.1 Å². The second-order valence-electron chi connectivity index (χ2n) is 7.43. The van der Waals surface area contributed by atoms with Crippen molar-refractivity contribution in [2.75, 3.05) is 19.6 Å². The number of carboxylic acid groups (broad SMARTS) is 1. The maximum Gasteiger partial charge on any atom is 0.328 e. The summed E-state index contributed by atoms with van der Waals surface area (Å²) in [5, 5.41) is 19.2. The van der Waals surface area contributed by atoms with E-state index in [0.717, 1.165) is 21.3 Å². The molecule has 1 aromatic carbocycles. The molecule has 2 atom stereocenters. The smallest absolute Gasteiger partial charge is 0.328 e. The Morgan fingerprint density at radius 1 is 1.09 bits per heavy atom. The van der Waals surface area contributed by atoms with Gasteiger partial charge in [-0.15, -0.1) is 11.3 Å². The topological polar surface area (TPSA) is 193 Å². The van der Waals surface area contributed by atoms with Crippen molar-refractivity contribution < 1.29 is 29.1 Å². The number of hydrogen-bond donors (Lipinski definition) is 6. The fraction of sp³-hybridized carbons (Fsp3) is 0.364. The molecule has 0 radical (unpaired) electrons. The number of hydrogen-bond acceptors (Lipinski definition) is 8. The number of aryl methyl sites for hydroxylation is 1. The SMILES string of the molecule is CC(=O)N[C@@H](CCc1nc2ccccc2s1)C(=O)N[C@@H](CN)C(=O)NCC(=O)NC/C=C/C(=O)O. The van der Waals surface area contributed by atoms with E-state index in [9.17, 15) is 24.0 Å². The van der Waals surface area contributed by atoms with Crippen LogP contribution in [0.1, 0.15) is 18.4 Å². The van der Waals surface area contributed by atoms with E-state index in [1.165, 1.54) is 24.3 Å². The number of nitrogens with two attached hydrogens (primary N) is 1. The van der Waals surface area contributed by atoms with Crippen molar-refractivity contribution in [1.82, 2.24) is 26.3 Å². The van der Waals surface area contributed by atoms with Gasteiger partial charge in [0.15, 0.2) is 0 Å². The molecule has 0 bridgehead atoms. The molecular formula is C22H28N6O6S. The van der Waals surface area contributed by atoms with Gasteiger partial charge in [0.05, 0.1) is 21.8 Å². The molecule has 0 aliphatic rings. The van der Waals surface area contributed by atoms with Crippen LogP contribution in [0.3, 0.4) is 0 Å². The highest BCUT2D eigenvalue weighted by Crippen LogP contribution is 2.22. The first-order valence-corrected chi connectivity index (χ1v) is 11.6. The number of thiazole rings is 1. The zero-order valence-electron chi connectivity index (χ0n) is 19.1. The maximum absolute atomic E-state index is 12.8. The number of carboxylic acids is 1. The number of aliphatic carboxylic acids is 1. The molecule has 1 aromatic heterocycles. The fourth-order valence-corrected chi connectivity index (χ4v) is 3.98. The van der Waals surface area contributed by atoms with Gasteiger partial charge in [-0.3, -0.25) is 19.2 Å². The quantitative estimate of drug-likeness (QED) is 0.188. The van der Waals surface area contributed by atoms with E-state index in [-0.39, 0.29) is 19.5 Å². The molecule has 1 heterocycles. The standard InChI is InChI=1S/C22H28N6O6S/c1-13(29)26-15(8-9-19-27-14-5-2-3-6-17(14)35-19)22(34)28-16(11-23)21(33)25-12-18(30)24-10-4-7-20(31)32/h2-7,15-16H,8-12,23H2,1H3,(H,24,30)(H,25,33)(H,26,29)(H,28,34)(H,31,32)/b7-4+/t15-,16-/m0/s1. The second kappa shape index (κ2) is 13.8. The van der Waals surface area contributed by atoms with Gasteiger partial charge in [-0.25, -0.2) is 9.78 Å². The Hall–Kier alpha value is -3.84. The predicted molar refractivity (Wildman–Crippen MR) is 129 cm³/mol. The van der Waals surface area contributed by atoms with Crippen molar-refractivity contribution in [3.05, 3.63) is 41.4 Å². The first-order chi connectivity index (χ1) is 16.7. The molecule has 13 heteroatoms. The number of fused-ring (bicyclic) bond motifs is 1. The van der Waals surface area contributed by atoms with Gasteiger partial charge >= 0.3 is 5.97 Å². The number of nitrogens with zero attached hydrogens (tertiary/aromatic N) is 1. The van der Waals surface area contributed by atoms with E-state index in [1.807, 2.05) is 24.3 Å². The third-order valence-electron chi connectivity index (χ3n) is 4.65. The summed E-state index contributed by atoms with van der Waals surface area (Å²) < 4.78 is 1.02. The number of rotatable bonds is 13. The lowest BCUT2D eigenvalue weighted by Gasteiger charge is -2.21. The van der Waals surface area contributed by atoms with Crippen LogP contribution < -0.4 is 27.0 Å². The second-order valence-corrected chi connectivity index (χ2v) is 8.54. The molecule has 4 amide bonds. The van der Waals surface area contributed by atoms with Gasteiger partial charge in [-0.05, 0) is 18.6 Å². The number of carbonyl (C=O) groups excluding carboxylic acids is 4. The zero-order valence-corrected chi connectivity index (χ0v) is 19.9. The number of para-hydroxylation sites is 1. The minimum atomic E-state index is -1.15. The van der Waals surface area contributed by atoms with Gasteiger partial charge in [0.25, 0.3) is 0 Å². The van der Waals surface area contributed by atoms with Crippen LogP contribution in [0.4, 0.5) is 0 Å². The van der Waals surface area contributed by atoms with Crippen LogP contribution in [0, 0.1) is 0 Å². The number of carbonyl (C=O) groups is 5. The lowest BCUT2D eigenvalue weighted by molar-refractivity contribution is -0.132. The highest BCUT2D eigenvalue weighted by Gasteiger charge is 2.26. The zero-order chi connectivity index (χ0) is 25.8. The van der Waals surface area contributed by atoms with Gasteiger partial charge in [0, 0.05) is 32.5 Å². The number of benzene rings is 1. The Labute approximate surface area is 205 Å². The minimum Gasteiger partial charge on any atom is -0.478 e. The van der Waals surface area contributed by atoms with Gasteiger partial charge in [0.2, 0.25) is 23.6 Å². The summed E-state index contributed by atoms with van der Waals surface area (Å²) >= 11 is 1.50. The summed E-state index contributed by atoms with van der Waals surface area (Å²) in [5.41, 5.74) is 6.48. The molecule has 188 valence electrons. The molecule has 0 unspecified atom stereocenters. The Morgan fingerprint density at radius 2 is 1.83 bits per heavy atom. The molecule has 2 aromatic rings. The molecule has 0 saturated heterocycles. The Bertz CT molecular complexity index is 1070. The van der Waals surface area contributed by atoms with Crippen LogP contribution in [-0.4, -0.2) is 71.4 Å². The number of aromatic nitrogens is 1. The van der Waals surface area contributed by atoms with Crippen molar-refractivity contribution in [3.8, 4) is 0 Å². The van der Waals surface area contributed by atoms with Crippen molar-refractivity contribution in [2.24, 2.45) is 5.73 Å². The largest absolute Gasteiger partial charge is 0.478 e.